The predicted octanol–water partition coefficient (Wildman–Crippen LogP) is 4.00. The van der Waals surface area contributed by atoms with Gasteiger partial charge in [0, 0.05) is 17.6 Å². The molecule has 1 aliphatic carbocycles. The van der Waals surface area contributed by atoms with Crippen molar-refractivity contribution in [1.82, 2.24) is 14.9 Å². The minimum atomic E-state index is -0.309. The maximum absolute atomic E-state index is 13.0. The molecule has 1 atom stereocenters. The number of unbranched alkanes of at least 4 members (excludes halogenated alkanes) is 2. The lowest BCUT2D eigenvalue weighted by molar-refractivity contribution is -0.120. The summed E-state index contributed by atoms with van der Waals surface area (Å²) in [5, 5.41) is 4.39. The van der Waals surface area contributed by atoms with E-state index in [9.17, 15) is 9.59 Å². The SMILES string of the molecule is CCCCCn1c(S[C@@H](C)C(=O)NC2CC2)nc2cc(Cl)ccc2c1=O. The molecule has 1 fully saturated rings. The van der Waals surface area contributed by atoms with Gasteiger partial charge in [0.15, 0.2) is 5.16 Å². The highest BCUT2D eigenvalue weighted by molar-refractivity contribution is 8.00. The highest BCUT2D eigenvalue weighted by Crippen LogP contribution is 2.26. The summed E-state index contributed by atoms with van der Waals surface area (Å²) in [6, 6.07) is 5.46. The van der Waals surface area contributed by atoms with Crippen molar-refractivity contribution in [3.8, 4) is 0 Å². The second-order valence-corrected chi connectivity index (χ2v) is 8.51. The van der Waals surface area contributed by atoms with Gasteiger partial charge < -0.3 is 5.32 Å². The van der Waals surface area contributed by atoms with E-state index in [1.165, 1.54) is 11.8 Å². The Bertz CT molecular complexity index is 864. The van der Waals surface area contributed by atoms with E-state index in [0.717, 1.165) is 32.1 Å². The van der Waals surface area contributed by atoms with Crippen molar-refractivity contribution in [1.29, 1.82) is 0 Å². The summed E-state index contributed by atoms with van der Waals surface area (Å²) in [5.74, 6) is -0.00181. The Hall–Kier alpha value is -1.53. The molecule has 0 radical (unpaired) electrons. The second kappa shape index (κ2) is 8.44. The number of amides is 1. The third-order valence-electron chi connectivity index (χ3n) is 4.44. The molecule has 1 saturated carbocycles. The predicted molar refractivity (Wildman–Crippen MR) is 107 cm³/mol. The minimum Gasteiger partial charge on any atom is -0.352 e. The molecule has 140 valence electrons. The van der Waals surface area contributed by atoms with Crippen LogP contribution in [0.5, 0.6) is 0 Å². The summed E-state index contributed by atoms with van der Waals surface area (Å²) in [6.07, 6.45) is 5.14. The number of aromatic nitrogens is 2. The van der Waals surface area contributed by atoms with Crippen LogP contribution in [0.15, 0.2) is 28.2 Å². The van der Waals surface area contributed by atoms with Crippen molar-refractivity contribution in [2.24, 2.45) is 0 Å². The topological polar surface area (TPSA) is 64.0 Å². The Morgan fingerprint density at radius 1 is 1.42 bits per heavy atom. The van der Waals surface area contributed by atoms with Gasteiger partial charge in [-0.15, -0.1) is 0 Å². The quantitative estimate of drug-likeness (QED) is 0.418. The van der Waals surface area contributed by atoms with Gasteiger partial charge in [-0.05, 0) is 44.4 Å². The number of benzene rings is 1. The van der Waals surface area contributed by atoms with E-state index >= 15 is 0 Å². The normalized spacial score (nSPS) is 15.2. The Balaban J connectivity index is 1.92. The van der Waals surface area contributed by atoms with Gasteiger partial charge in [-0.3, -0.25) is 14.2 Å². The number of fused-ring (bicyclic) bond motifs is 1. The molecular formula is C19H24ClN3O2S. The zero-order chi connectivity index (χ0) is 18.7. The van der Waals surface area contributed by atoms with Crippen molar-refractivity contribution in [3.63, 3.8) is 0 Å². The van der Waals surface area contributed by atoms with Crippen LogP contribution >= 0.6 is 23.4 Å². The fourth-order valence-electron chi connectivity index (χ4n) is 2.74. The maximum Gasteiger partial charge on any atom is 0.262 e. The van der Waals surface area contributed by atoms with E-state index < -0.39 is 0 Å². The lowest BCUT2D eigenvalue weighted by atomic mass is 10.2. The van der Waals surface area contributed by atoms with Crippen molar-refractivity contribution >= 4 is 40.2 Å². The van der Waals surface area contributed by atoms with E-state index in [1.54, 1.807) is 22.8 Å². The fourth-order valence-corrected chi connectivity index (χ4v) is 3.85. The largest absolute Gasteiger partial charge is 0.352 e. The molecule has 1 heterocycles. The first-order valence-corrected chi connectivity index (χ1v) is 10.4. The first kappa shape index (κ1) is 19.2. The van der Waals surface area contributed by atoms with Crippen LogP contribution in [0, 0.1) is 0 Å². The van der Waals surface area contributed by atoms with Gasteiger partial charge in [0.25, 0.3) is 5.56 Å². The van der Waals surface area contributed by atoms with Crippen LogP contribution in [0.3, 0.4) is 0 Å². The number of halogens is 1. The van der Waals surface area contributed by atoms with E-state index in [1.807, 2.05) is 6.92 Å². The molecular weight excluding hydrogens is 370 g/mol. The van der Waals surface area contributed by atoms with Crippen LogP contribution in [0.1, 0.15) is 46.0 Å². The Morgan fingerprint density at radius 3 is 2.88 bits per heavy atom. The molecule has 1 N–H and O–H groups in total. The van der Waals surface area contributed by atoms with Gasteiger partial charge in [-0.2, -0.15) is 0 Å². The Labute approximate surface area is 162 Å². The summed E-state index contributed by atoms with van der Waals surface area (Å²) in [5.41, 5.74) is 0.506. The van der Waals surface area contributed by atoms with E-state index in [0.29, 0.717) is 33.7 Å². The van der Waals surface area contributed by atoms with E-state index in [-0.39, 0.29) is 16.7 Å². The molecule has 26 heavy (non-hydrogen) atoms. The molecule has 0 spiro atoms. The Morgan fingerprint density at radius 2 is 2.19 bits per heavy atom. The molecule has 5 nitrogen and oxygen atoms in total. The number of nitrogens with one attached hydrogen (secondary N) is 1. The summed E-state index contributed by atoms with van der Waals surface area (Å²) in [6.45, 7) is 4.59. The molecule has 2 aromatic rings. The minimum absolute atomic E-state index is 0.00181. The van der Waals surface area contributed by atoms with Crippen LogP contribution in [0.2, 0.25) is 5.02 Å². The van der Waals surface area contributed by atoms with Crippen LogP contribution in [0.4, 0.5) is 0 Å². The van der Waals surface area contributed by atoms with Crippen LogP contribution in [-0.4, -0.2) is 26.8 Å². The number of hydrogen-bond donors (Lipinski definition) is 1. The van der Waals surface area contributed by atoms with Crippen LogP contribution in [-0.2, 0) is 11.3 Å². The number of hydrogen-bond acceptors (Lipinski definition) is 4. The zero-order valence-electron chi connectivity index (χ0n) is 15.1. The van der Waals surface area contributed by atoms with E-state index in [4.69, 9.17) is 11.6 Å². The third kappa shape index (κ3) is 4.60. The molecule has 0 bridgehead atoms. The molecule has 0 aliphatic heterocycles. The summed E-state index contributed by atoms with van der Waals surface area (Å²) in [4.78, 5) is 29.9. The molecule has 7 heteroatoms. The molecule has 1 aromatic carbocycles. The lowest BCUT2D eigenvalue weighted by Gasteiger charge is -2.16. The average Bonchev–Trinajstić information content (AvgIpc) is 3.41. The van der Waals surface area contributed by atoms with Crippen molar-refractivity contribution in [2.75, 3.05) is 0 Å². The van der Waals surface area contributed by atoms with Gasteiger partial charge >= 0.3 is 0 Å². The third-order valence-corrected chi connectivity index (χ3v) is 5.77. The fraction of sp³-hybridized carbons (Fsp3) is 0.526. The molecule has 0 unspecified atom stereocenters. The zero-order valence-corrected chi connectivity index (χ0v) is 16.7. The van der Waals surface area contributed by atoms with Gasteiger partial charge in [0.2, 0.25) is 5.91 Å². The van der Waals surface area contributed by atoms with Gasteiger partial charge in [0.1, 0.15) is 0 Å². The molecule has 3 rings (SSSR count). The first-order chi connectivity index (χ1) is 12.5. The highest BCUT2D eigenvalue weighted by atomic mass is 35.5. The highest BCUT2D eigenvalue weighted by Gasteiger charge is 2.27. The van der Waals surface area contributed by atoms with Gasteiger partial charge in [-0.1, -0.05) is 43.1 Å². The molecule has 1 aliphatic rings. The number of carbonyl (C=O) groups excluding carboxylic acids is 1. The first-order valence-electron chi connectivity index (χ1n) is 9.16. The van der Waals surface area contributed by atoms with Crippen LogP contribution < -0.4 is 10.9 Å². The lowest BCUT2D eigenvalue weighted by Crippen LogP contribution is -2.33. The molecule has 1 amide bonds. The van der Waals surface area contributed by atoms with Crippen molar-refractivity contribution < 1.29 is 4.79 Å². The molecule has 0 saturated heterocycles. The second-order valence-electron chi connectivity index (χ2n) is 6.76. The summed E-state index contributed by atoms with van der Waals surface area (Å²) in [7, 11) is 0. The summed E-state index contributed by atoms with van der Waals surface area (Å²) < 4.78 is 1.71. The molecule has 1 aromatic heterocycles. The number of thioether (sulfide) groups is 1. The average molecular weight is 394 g/mol. The Kier molecular flexibility index (Phi) is 6.24. The maximum atomic E-state index is 13.0. The number of carbonyl (C=O) groups is 1. The standard InChI is InChI=1S/C19H24ClN3O2S/c1-3-4-5-10-23-18(25)15-9-6-13(20)11-16(15)22-19(23)26-12(2)17(24)21-14-7-8-14/h6,9,11-12,14H,3-5,7-8,10H2,1-2H3,(H,21,24)/t12-/m0/s1. The number of rotatable bonds is 8. The monoisotopic (exact) mass is 393 g/mol. The van der Waals surface area contributed by atoms with E-state index in [2.05, 4.69) is 17.2 Å². The number of nitrogens with zero attached hydrogens (tertiary/aromatic N) is 2. The van der Waals surface area contributed by atoms with Gasteiger partial charge in [-0.25, -0.2) is 4.98 Å². The smallest absolute Gasteiger partial charge is 0.262 e. The van der Waals surface area contributed by atoms with Gasteiger partial charge in [0.05, 0.1) is 16.2 Å². The summed E-state index contributed by atoms with van der Waals surface area (Å²) >= 11 is 7.40. The van der Waals surface area contributed by atoms with Crippen LogP contribution in [0.25, 0.3) is 10.9 Å². The van der Waals surface area contributed by atoms with Crippen molar-refractivity contribution in [2.45, 2.75) is 68.9 Å². The van der Waals surface area contributed by atoms with Crippen molar-refractivity contribution in [3.05, 3.63) is 33.6 Å².